The molecule has 0 saturated heterocycles. The first-order valence-electron chi connectivity index (χ1n) is 7.43. The van der Waals surface area contributed by atoms with Crippen LogP contribution in [0.3, 0.4) is 0 Å². The number of hydrogen-bond acceptors (Lipinski definition) is 3. The molecule has 2 aliphatic rings. The van der Waals surface area contributed by atoms with Crippen molar-refractivity contribution in [3.63, 3.8) is 0 Å². The summed E-state index contributed by atoms with van der Waals surface area (Å²) >= 11 is 0. The average Bonchev–Trinajstić information content (AvgIpc) is 3.03. The van der Waals surface area contributed by atoms with E-state index in [1.54, 1.807) is 12.1 Å². The van der Waals surface area contributed by atoms with E-state index in [-0.39, 0.29) is 17.7 Å². The van der Waals surface area contributed by atoms with Gasteiger partial charge in [0.15, 0.2) is 0 Å². The molecule has 1 aromatic rings. The molecule has 0 aliphatic heterocycles. The number of para-hydroxylation sites is 1. The van der Waals surface area contributed by atoms with Gasteiger partial charge in [0.25, 0.3) is 0 Å². The minimum Gasteiger partial charge on any atom is -0.550 e. The Labute approximate surface area is 129 Å². The normalized spacial score (nSPS) is 28.7. The molecule has 2 bridgehead atoms. The Morgan fingerprint density at radius 3 is 2.14 bits per heavy atom. The van der Waals surface area contributed by atoms with Gasteiger partial charge in [-0.25, -0.2) is 0 Å². The molecule has 0 unspecified atom stereocenters. The van der Waals surface area contributed by atoms with Crippen molar-refractivity contribution in [2.45, 2.75) is 13.8 Å². The molecule has 4 atom stereocenters. The lowest BCUT2D eigenvalue weighted by atomic mass is 9.82. The highest BCUT2D eigenvalue weighted by Crippen LogP contribution is 2.53. The SMILES string of the molecule is CC(C)=C1[C@H]2C=C[C@@H]1[C@H](C(=O)[O-])[C@@H]2C(=O)Nc1ccccc1. The molecule has 1 N–H and O–H groups in total. The molecule has 1 aromatic carbocycles. The molecule has 2 aliphatic carbocycles. The first-order valence-corrected chi connectivity index (χ1v) is 7.43. The molecule has 0 aromatic heterocycles. The number of allylic oxidation sites excluding steroid dienone is 4. The zero-order valence-corrected chi connectivity index (χ0v) is 12.6. The lowest BCUT2D eigenvalue weighted by molar-refractivity contribution is -0.313. The zero-order chi connectivity index (χ0) is 15.9. The van der Waals surface area contributed by atoms with E-state index < -0.39 is 17.8 Å². The summed E-state index contributed by atoms with van der Waals surface area (Å²) in [7, 11) is 0. The predicted octanol–water partition coefficient (Wildman–Crippen LogP) is 1.76. The van der Waals surface area contributed by atoms with Gasteiger partial charge in [-0.05, 0) is 26.0 Å². The molecule has 114 valence electrons. The van der Waals surface area contributed by atoms with Crippen molar-refractivity contribution in [1.82, 2.24) is 0 Å². The van der Waals surface area contributed by atoms with E-state index in [4.69, 9.17) is 0 Å². The Morgan fingerprint density at radius 1 is 1.00 bits per heavy atom. The Kier molecular flexibility index (Phi) is 3.61. The maximum absolute atomic E-state index is 12.6. The highest BCUT2D eigenvalue weighted by molar-refractivity contribution is 5.97. The fourth-order valence-electron chi connectivity index (χ4n) is 3.78. The van der Waals surface area contributed by atoms with Crippen molar-refractivity contribution < 1.29 is 14.7 Å². The second-order valence-electron chi connectivity index (χ2n) is 6.12. The second kappa shape index (κ2) is 5.44. The smallest absolute Gasteiger partial charge is 0.229 e. The summed E-state index contributed by atoms with van der Waals surface area (Å²) < 4.78 is 0. The zero-order valence-electron chi connectivity index (χ0n) is 12.6. The van der Waals surface area contributed by atoms with Crippen molar-refractivity contribution in [3.05, 3.63) is 53.6 Å². The Balaban J connectivity index is 1.92. The maximum atomic E-state index is 12.6. The standard InChI is InChI=1S/C18H19NO3/c1-10(2)14-12-8-9-13(14)16(18(21)22)15(12)17(20)19-11-6-4-3-5-7-11/h3-9,12-13,15-16H,1-2H3,(H,19,20)(H,21,22)/p-1/t12-,13+,15-,16+/m1/s1. The highest BCUT2D eigenvalue weighted by Gasteiger charge is 2.52. The van der Waals surface area contributed by atoms with E-state index >= 15 is 0 Å². The van der Waals surface area contributed by atoms with Gasteiger partial charge in [-0.3, -0.25) is 4.79 Å². The minimum atomic E-state index is -1.15. The molecule has 22 heavy (non-hydrogen) atoms. The van der Waals surface area contributed by atoms with Crippen LogP contribution in [-0.2, 0) is 9.59 Å². The third kappa shape index (κ3) is 2.25. The molecule has 3 rings (SSSR count). The van der Waals surface area contributed by atoms with Crippen LogP contribution in [0.25, 0.3) is 0 Å². The summed E-state index contributed by atoms with van der Waals surface area (Å²) in [6, 6.07) is 9.09. The lowest BCUT2D eigenvalue weighted by Crippen LogP contribution is -2.42. The summed E-state index contributed by atoms with van der Waals surface area (Å²) in [5.74, 6) is -3.15. The van der Waals surface area contributed by atoms with Gasteiger partial charge in [0.2, 0.25) is 5.91 Å². The lowest BCUT2D eigenvalue weighted by Gasteiger charge is -2.27. The minimum absolute atomic E-state index is 0.137. The number of carboxylic acids is 1. The molecular formula is C18H18NO3-. The summed E-state index contributed by atoms with van der Waals surface area (Å²) in [4.78, 5) is 24.2. The number of carbonyl (C=O) groups is 2. The summed E-state index contributed by atoms with van der Waals surface area (Å²) in [5, 5.41) is 14.4. The van der Waals surface area contributed by atoms with Crippen molar-refractivity contribution >= 4 is 17.6 Å². The first kappa shape index (κ1) is 14.6. The molecule has 0 radical (unpaired) electrons. The van der Waals surface area contributed by atoms with Crippen LogP contribution >= 0.6 is 0 Å². The van der Waals surface area contributed by atoms with E-state index in [1.165, 1.54) is 0 Å². The number of benzene rings is 1. The molecule has 4 heteroatoms. The fraction of sp³-hybridized carbons (Fsp3) is 0.333. The number of aliphatic carboxylic acids is 1. The highest BCUT2D eigenvalue weighted by atomic mass is 16.4. The van der Waals surface area contributed by atoms with Gasteiger partial charge < -0.3 is 15.2 Å². The number of fused-ring (bicyclic) bond motifs is 2. The van der Waals surface area contributed by atoms with Gasteiger partial charge in [-0.15, -0.1) is 0 Å². The van der Waals surface area contributed by atoms with Gasteiger partial charge in [-0.1, -0.05) is 41.5 Å². The average molecular weight is 296 g/mol. The van der Waals surface area contributed by atoms with Crippen LogP contribution in [0.2, 0.25) is 0 Å². The number of rotatable bonds is 3. The Hall–Kier alpha value is -2.36. The first-order chi connectivity index (χ1) is 10.5. The summed E-state index contributed by atoms with van der Waals surface area (Å²) in [5.41, 5.74) is 2.82. The second-order valence-corrected chi connectivity index (χ2v) is 6.12. The van der Waals surface area contributed by atoms with Gasteiger partial charge in [0.1, 0.15) is 0 Å². The van der Waals surface area contributed by atoms with Crippen molar-refractivity contribution in [1.29, 1.82) is 0 Å². The molecule has 1 saturated carbocycles. The number of nitrogens with one attached hydrogen (secondary N) is 1. The molecular weight excluding hydrogens is 278 g/mol. The number of hydrogen-bond donors (Lipinski definition) is 1. The monoisotopic (exact) mass is 296 g/mol. The number of anilines is 1. The van der Waals surface area contributed by atoms with Crippen LogP contribution < -0.4 is 10.4 Å². The van der Waals surface area contributed by atoms with Crippen LogP contribution in [0.5, 0.6) is 0 Å². The van der Waals surface area contributed by atoms with Gasteiger partial charge in [0.05, 0.1) is 5.92 Å². The van der Waals surface area contributed by atoms with E-state index in [1.807, 2.05) is 44.2 Å². The van der Waals surface area contributed by atoms with Crippen LogP contribution in [0, 0.1) is 23.7 Å². The topological polar surface area (TPSA) is 69.2 Å². The molecule has 4 nitrogen and oxygen atoms in total. The molecule has 1 amide bonds. The summed E-state index contributed by atoms with van der Waals surface area (Å²) in [6.45, 7) is 3.93. The predicted molar refractivity (Wildman–Crippen MR) is 81.6 cm³/mol. The van der Waals surface area contributed by atoms with E-state index in [2.05, 4.69) is 5.32 Å². The summed E-state index contributed by atoms with van der Waals surface area (Å²) in [6.07, 6.45) is 3.86. The third-order valence-corrected chi connectivity index (χ3v) is 4.60. The van der Waals surface area contributed by atoms with E-state index in [9.17, 15) is 14.7 Å². The quantitative estimate of drug-likeness (QED) is 0.864. The van der Waals surface area contributed by atoms with Crippen molar-refractivity contribution in [2.24, 2.45) is 23.7 Å². The molecule has 0 spiro atoms. The van der Waals surface area contributed by atoms with Crippen molar-refractivity contribution in [2.75, 3.05) is 5.32 Å². The van der Waals surface area contributed by atoms with Crippen LogP contribution in [0.1, 0.15) is 13.8 Å². The van der Waals surface area contributed by atoms with Crippen LogP contribution in [-0.4, -0.2) is 11.9 Å². The van der Waals surface area contributed by atoms with Gasteiger partial charge in [-0.2, -0.15) is 0 Å². The van der Waals surface area contributed by atoms with E-state index in [0.717, 1.165) is 11.1 Å². The third-order valence-electron chi connectivity index (χ3n) is 4.60. The molecule has 1 fully saturated rings. The van der Waals surface area contributed by atoms with Crippen LogP contribution in [0.15, 0.2) is 53.6 Å². The fourth-order valence-corrected chi connectivity index (χ4v) is 3.78. The van der Waals surface area contributed by atoms with Crippen LogP contribution in [0.4, 0.5) is 5.69 Å². The number of amides is 1. The van der Waals surface area contributed by atoms with Gasteiger partial charge >= 0.3 is 0 Å². The largest absolute Gasteiger partial charge is 0.550 e. The number of carbonyl (C=O) groups excluding carboxylic acids is 2. The Morgan fingerprint density at radius 2 is 1.59 bits per heavy atom. The van der Waals surface area contributed by atoms with Crippen molar-refractivity contribution in [3.8, 4) is 0 Å². The maximum Gasteiger partial charge on any atom is 0.229 e. The number of carboxylic acid groups (broad SMARTS) is 1. The Bertz CT molecular complexity index is 671. The molecule has 0 heterocycles. The van der Waals surface area contributed by atoms with Gasteiger partial charge in [0, 0.05) is 29.4 Å². The van der Waals surface area contributed by atoms with E-state index in [0.29, 0.717) is 5.69 Å².